The van der Waals surface area contributed by atoms with E-state index in [1.165, 1.54) is 0 Å². The highest BCUT2D eigenvalue weighted by Gasteiger charge is 2.18. The first-order valence-corrected chi connectivity index (χ1v) is 8.65. The van der Waals surface area contributed by atoms with E-state index in [0.717, 1.165) is 23.4 Å². The average Bonchev–Trinajstić information content (AvgIpc) is 2.49. The van der Waals surface area contributed by atoms with Crippen LogP contribution in [0.5, 0.6) is 11.5 Å². The van der Waals surface area contributed by atoms with E-state index in [1.807, 2.05) is 66.1 Å². The monoisotopic (exact) mass is 356 g/mol. The molecule has 0 heterocycles. The SMILES string of the molecule is Cc1ccc(CN(C)C)c(Oc2ccccc2NC(=O)OC(C)(C)C)c1. The van der Waals surface area contributed by atoms with E-state index in [0.29, 0.717) is 11.4 Å². The summed E-state index contributed by atoms with van der Waals surface area (Å²) >= 11 is 0. The van der Waals surface area contributed by atoms with E-state index in [-0.39, 0.29) is 0 Å². The second kappa shape index (κ2) is 8.23. The second-order valence-corrected chi connectivity index (χ2v) is 7.57. The van der Waals surface area contributed by atoms with Gasteiger partial charge in [-0.25, -0.2) is 4.79 Å². The summed E-state index contributed by atoms with van der Waals surface area (Å²) in [5, 5.41) is 2.77. The van der Waals surface area contributed by atoms with Crippen molar-refractivity contribution in [3.05, 3.63) is 53.6 Å². The smallest absolute Gasteiger partial charge is 0.412 e. The molecule has 5 nitrogen and oxygen atoms in total. The van der Waals surface area contributed by atoms with Crippen LogP contribution in [0.2, 0.25) is 0 Å². The summed E-state index contributed by atoms with van der Waals surface area (Å²) in [6.07, 6.45) is -0.508. The number of amides is 1. The molecule has 0 aliphatic heterocycles. The average molecular weight is 356 g/mol. The Morgan fingerprint density at radius 3 is 2.42 bits per heavy atom. The van der Waals surface area contributed by atoms with Crippen LogP contribution in [-0.2, 0) is 11.3 Å². The van der Waals surface area contributed by atoms with Gasteiger partial charge in [0, 0.05) is 12.1 Å². The fraction of sp³-hybridized carbons (Fsp3) is 0.381. The van der Waals surface area contributed by atoms with Gasteiger partial charge in [0.2, 0.25) is 0 Å². The van der Waals surface area contributed by atoms with Crippen LogP contribution < -0.4 is 10.1 Å². The molecule has 0 unspecified atom stereocenters. The minimum absolute atomic E-state index is 0.508. The number of para-hydroxylation sites is 2. The molecule has 5 heteroatoms. The lowest BCUT2D eigenvalue weighted by Crippen LogP contribution is -2.27. The lowest BCUT2D eigenvalue weighted by molar-refractivity contribution is 0.0635. The van der Waals surface area contributed by atoms with Crippen molar-refractivity contribution in [2.45, 2.75) is 39.8 Å². The lowest BCUT2D eigenvalue weighted by atomic mass is 10.1. The number of aryl methyl sites for hydroxylation is 1. The van der Waals surface area contributed by atoms with Gasteiger partial charge in [-0.15, -0.1) is 0 Å². The van der Waals surface area contributed by atoms with Crippen molar-refractivity contribution >= 4 is 11.8 Å². The van der Waals surface area contributed by atoms with Crippen molar-refractivity contribution in [1.82, 2.24) is 4.90 Å². The Morgan fingerprint density at radius 2 is 1.77 bits per heavy atom. The molecule has 0 saturated heterocycles. The zero-order chi connectivity index (χ0) is 19.3. The van der Waals surface area contributed by atoms with Gasteiger partial charge in [-0.2, -0.15) is 0 Å². The molecule has 1 amide bonds. The molecule has 0 radical (unpaired) electrons. The molecule has 0 saturated carbocycles. The number of nitrogens with one attached hydrogen (secondary N) is 1. The van der Waals surface area contributed by atoms with E-state index < -0.39 is 11.7 Å². The maximum Gasteiger partial charge on any atom is 0.412 e. The Morgan fingerprint density at radius 1 is 1.08 bits per heavy atom. The first-order valence-electron chi connectivity index (χ1n) is 8.65. The minimum atomic E-state index is -0.560. The third-order valence-electron chi connectivity index (χ3n) is 3.45. The highest BCUT2D eigenvalue weighted by molar-refractivity contribution is 5.87. The summed E-state index contributed by atoms with van der Waals surface area (Å²) < 4.78 is 11.5. The molecule has 0 atom stereocenters. The van der Waals surface area contributed by atoms with Crippen LogP contribution in [0, 0.1) is 6.92 Å². The Hall–Kier alpha value is -2.53. The molecule has 1 N–H and O–H groups in total. The maximum absolute atomic E-state index is 12.1. The lowest BCUT2D eigenvalue weighted by Gasteiger charge is -2.21. The molecule has 0 aromatic heterocycles. The highest BCUT2D eigenvalue weighted by atomic mass is 16.6. The number of rotatable bonds is 5. The standard InChI is InChI=1S/C21H28N2O3/c1-15-11-12-16(14-23(5)6)19(13-15)25-18-10-8-7-9-17(18)22-20(24)26-21(2,3)4/h7-13H,14H2,1-6H3,(H,22,24). The normalized spacial score (nSPS) is 11.3. The number of hydrogen-bond acceptors (Lipinski definition) is 4. The molecule has 0 bridgehead atoms. The number of benzene rings is 2. The van der Waals surface area contributed by atoms with Gasteiger partial charge in [0.05, 0.1) is 5.69 Å². The Kier molecular flexibility index (Phi) is 6.27. The van der Waals surface area contributed by atoms with E-state index in [2.05, 4.69) is 22.3 Å². The van der Waals surface area contributed by atoms with Crippen LogP contribution in [0.1, 0.15) is 31.9 Å². The van der Waals surface area contributed by atoms with Crippen molar-refractivity contribution in [2.24, 2.45) is 0 Å². The van der Waals surface area contributed by atoms with Crippen molar-refractivity contribution in [1.29, 1.82) is 0 Å². The molecule has 0 aliphatic carbocycles. The van der Waals surface area contributed by atoms with E-state index >= 15 is 0 Å². The number of nitrogens with zero attached hydrogens (tertiary/aromatic N) is 1. The highest BCUT2D eigenvalue weighted by Crippen LogP contribution is 2.32. The summed E-state index contributed by atoms with van der Waals surface area (Å²) in [6, 6.07) is 13.5. The van der Waals surface area contributed by atoms with Crippen molar-refractivity contribution in [3.8, 4) is 11.5 Å². The van der Waals surface area contributed by atoms with Gasteiger partial charge in [0.1, 0.15) is 11.4 Å². The quantitative estimate of drug-likeness (QED) is 0.800. The van der Waals surface area contributed by atoms with Gasteiger partial charge >= 0.3 is 6.09 Å². The molecule has 0 aliphatic rings. The van der Waals surface area contributed by atoms with Crippen LogP contribution in [0.25, 0.3) is 0 Å². The number of anilines is 1. The van der Waals surface area contributed by atoms with Crippen LogP contribution in [0.3, 0.4) is 0 Å². The van der Waals surface area contributed by atoms with Crippen LogP contribution in [0.15, 0.2) is 42.5 Å². The molecule has 2 aromatic carbocycles. The second-order valence-electron chi connectivity index (χ2n) is 7.57. The molecule has 2 rings (SSSR count). The van der Waals surface area contributed by atoms with Gasteiger partial charge in [-0.1, -0.05) is 24.3 Å². The molecule has 140 valence electrons. The van der Waals surface area contributed by atoms with Crippen molar-refractivity contribution < 1.29 is 14.3 Å². The Balaban J connectivity index is 2.26. The van der Waals surface area contributed by atoms with E-state index in [4.69, 9.17) is 9.47 Å². The summed E-state index contributed by atoms with van der Waals surface area (Å²) in [4.78, 5) is 14.2. The van der Waals surface area contributed by atoms with Gasteiger partial charge in [0.15, 0.2) is 5.75 Å². The summed E-state index contributed by atoms with van der Waals surface area (Å²) in [7, 11) is 4.03. The van der Waals surface area contributed by atoms with Crippen LogP contribution in [0.4, 0.5) is 10.5 Å². The van der Waals surface area contributed by atoms with Crippen LogP contribution >= 0.6 is 0 Å². The first kappa shape index (κ1) is 19.8. The van der Waals surface area contributed by atoms with Gasteiger partial charge in [-0.05, 0) is 65.6 Å². The van der Waals surface area contributed by atoms with Crippen molar-refractivity contribution in [3.63, 3.8) is 0 Å². The molecule has 0 spiro atoms. The first-order chi connectivity index (χ1) is 12.1. The number of hydrogen-bond donors (Lipinski definition) is 1. The molecular formula is C21H28N2O3. The fourth-order valence-corrected chi connectivity index (χ4v) is 2.42. The van der Waals surface area contributed by atoms with E-state index in [1.54, 1.807) is 6.07 Å². The van der Waals surface area contributed by atoms with Gasteiger partial charge in [-0.3, -0.25) is 5.32 Å². The molecule has 2 aromatic rings. The summed E-state index contributed by atoms with van der Waals surface area (Å²) in [5.74, 6) is 1.35. The zero-order valence-electron chi connectivity index (χ0n) is 16.4. The third kappa shape index (κ3) is 6.08. The molecule has 0 fully saturated rings. The fourth-order valence-electron chi connectivity index (χ4n) is 2.42. The Labute approximate surface area is 155 Å². The van der Waals surface area contributed by atoms with Crippen molar-refractivity contribution in [2.75, 3.05) is 19.4 Å². The summed E-state index contributed by atoms with van der Waals surface area (Å²) in [6.45, 7) is 8.27. The molecule has 26 heavy (non-hydrogen) atoms. The van der Waals surface area contributed by atoms with E-state index in [9.17, 15) is 4.79 Å². The largest absolute Gasteiger partial charge is 0.455 e. The van der Waals surface area contributed by atoms with Crippen LogP contribution in [-0.4, -0.2) is 30.7 Å². The maximum atomic E-state index is 12.1. The zero-order valence-corrected chi connectivity index (χ0v) is 16.4. The Bertz CT molecular complexity index is 764. The predicted molar refractivity (Wildman–Crippen MR) is 105 cm³/mol. The topological polar surface area (TPSA) is 50.8 Å². The number of carbonyl (C=O) groups is 1. The summed E-state index contributed by atoms with van der Waals surface area (Å²) in [5.41, 5.74) is 2.20. The van der Waals surface area contributed by atoms with Gasteiger partial charge in [0.25, 0.3) is 0 Å². The number of carbonyl (C=O) groups excluding carboxylic acids is 1. The third-order valence-corrected chi connectivity index (χ3v) is 3.45. The predicted octanol–water partition coefficient (Wildman–Crippen LogP) is 5.20. The molecular weight excluding hydrogens is 328 g/mol. The number of ether oxygens (including phenoxy) is 2. The minimum Gasteiger partial charge on any atom is -0.455 e. The van der Waals surface area contributed by atoms with Gasteiger partial charge < -0.3 is 14.4 Å².